The Labute approximate surface area is 98.6 Å². The Kier molecular flexibility index (Phi) is 4.56. The van der Waals surface area contributed by atoms with Crippen LogP contribution in [0.25, 0.3) is 0 Å². The fourth-order valence-corrected chi connectivity index (χ4v) is 4.58. The van der Waals surface area contributed by atoms with Crippen LogP contribution >= 0.6 is 0 Å². The molecule has 0 unspecified atom stereocenters. The first-order valence-electron chi connectivity index (χ1n) is 5.69. The Hall–Kier alpha value is 0.0987. The summed E-state index contributed by atoms with van der Waals surface area (Å²) >= 11 is 0. The van der Waals surface area contributed by atoms with E-state index in [1.165, 1.54) is 0 Å². The summed E-state index contributed by atoms with van der Waals surface area (Å²) in [5, 5.41) is 0. The van der Waals surface area contributed by atoms with Gasteiger partial charge in [0.15, 0.2) is 0 Å². The van der Waals surface area contributed by atoms with Crippen molar-refractivity contribution in [1.82, 2.24) is 4.48 Å². The minimum absolute atomic E-state index is 0.188. The molecule has 0 atom stereocenters. The summed E-state index contributed by atoms with van der Waals surface area (Å²) in [4.78, 5) is 0. The van der Waals surface area contributed by atoms with Crippen LogP contribution in [0.5, 0.6) is 0 Å². The van der Waals surface area contributed by atoms with E-state index in [0.717, 1.165) is 0 Å². The van der Waals surface area contributed by atoms with Crippen molar-refractivity contribution in [2.45, 2.75) is 65.6 Å². The topological polar surface area (TPSA) is 15.6 Å². The molecular formula is C10H27BN2Si2. The molecule has 0 aromatic rings. The maximum absolute atomic E-state index is 4.76. The third-order valence-corrected chi connectivity index (χ3v) is 5.13. The SMILES string of the molecule is CC(C)(C)N(B=N[Si](C)(C)C)[Si](C)(C)C. The van der Waals surface area contributed by atoms with Gasteiger partial charge in [-0.05, 0) is 0 Å². The zero-order valence-corrected chi connectivity index (χ0v) is 14.0. The van der Waals surface area contributed by atoms with Gasteiger partial charge in [0.2, 0.25) is 0 Å². The van der Waals surface area contributed by atoms with Gasteiger partial charge in [-0.25, -0.2) is 0 Å². The summed E-state index contributed by atoms with van der Waals surface area (Å²) in [6, 6.07) is 0. The van der Waals surface area contributed by atoms with Crippen molar-refractivity contribution in [2.75, 3.05) is 0 Å². The summed E-state index contributed by atoms with van der Waals surface area (Å²) in [5.41, 5.74) is 0.188. The van der Waals surface area contributed by atoms with Crippen LogP contribution in [0.3, 0.4) is 0 Å². The van der Waals surface area contributed by atoms with Gasteiger partial charge in [0.05, 0.1) is 0 Å². The maximum atomic E-state index is 4.76. The molecule has 0 rings (SSSR count). The van der Waals surface area contributed by atoms with Crippen LogP contribution < -0.4 is 0 Å². The van der Waals surface area contributed by atoms with Gasteiger partial charge < -0.3 is 0 Å². The van der Waals surface area contributed by atoms with Crippen LogP contribution in [0, 0.1) is 0 Å². The van der Waals surface area contributed by atoms with Crippen molar-refractivity contribution in [3.63, 3.8) is 0 Å². The quantitative estimate of drug-likeness (QED) is 0.691. The van der Waals surface area contributed by atoms with Gasteiger partial charge in [0.25, 0.3) is 0 Å². The predicted molar refractivity (Wildman–Crippen MR) is 76.5 cm³/mol. The number of nitrogens with zero attached hydrogens (tertiary/aromatic N) is 2. The number of rotatable bonds is 3. The summed E-state index contributed by atoms with van der Waals surface area (Å²) in [7, 11) is -0.520. The molecule has 0 aliphatic carbocycles. The summed E-state index contributed by atoms with van der Waals surface area (Å²) in [6.45, 7) is 20.7. The summed E-state index contributed by atoms with van der Waals surface area (Å²) in [6.07, 6.45) is 0. The molecule has 0 heterocycles. The molecule has 0 bridgehead atoms. The molecule has 0 saturated carbocycles. The van der Waals surface area contributed by atoms with E-state index in [9.17, 15) is 0 Å². The standard InChI is InChI=1S/C10H27BN2Si2/c1-10(2,3)13(15(7,8)9)11-12-14(4,5)6/h1-9H3. The predicted octanol–water partition coefficient (Wildman–Crippen LogP) is 3.56. The third-order valence-electron chi connectivity index (χ3n) is 2.01. The molecule has 0 aromatic carbocycles. The molecule has 0 spiro atoms. The number of hydrogen-bond donors (Lipinski definition) is 0. The van der Waals surface area contributed by atoms with Crippen LogP contribution in [0.4, 0.5) is 0 Å². The zero-order valence-electron chi connectivity index (χ0n) is 12.0. The first-order chi connectivity index (χ1) is 6.34. The molecule has 0 aliphatic heterocycles. The second-order valence-electron chi connectivity index (χ2n) is 7.13. The van der Waals surface area contributed by atoms with Crippen molar-refractivity contribution in [3.8, 4) is 0 Å². The second-order valence-corrected chi connectivity index (χ2v) is 16.6. The van der Waals surface area contributed by atoms with E-state index in [2.05, 4.69) is 71.7 Å². The fraction of sp³-hybridized carbons (Fsp3) is 1.00. The Morgan fingerprint density at radius 3 is 1.53 bits per heavy atom. The van der Waals surface area contributed by atoms with Crippen LogP contribution in [0.15, 0.2) is 4.56 Å². The molecule has 0 radical (unpaired) electrons. The molecule has 2 nitrogen and oxygen atoms in total. The van der Waals surface area contributed by atoms with Gasteiger partial charge in [-0.2, -0.15) is 0 Å². The molecule has 88 valence electrons. The van der Waals surface area contributed by atoms with Crippen molar-refractivity contribution < 1.29 is 0 Å². The van der Waals surface area contributed by atoms with Gasteiger partial charge >= 0.3 is 98.3 Å². The third kappa shape index (κ3) is 6.30. The van der Waals surface area contributed by atoms with Gasteiger partial charge in [-0.3, -0.25) is 0 Å². The van der Waals surface area contributed by atoms with E-state index < -0.39 is 16.5 Å². The Morgan fingerprint density at radius 2 is 1.33 bits per heavy atom. The van der Waals surface area contributed by atoms with Crippen molar-refractivity contribution in [1.29, 1.82) is 0 Å². The van der Waals surface area contributed by atoms with Gasteiger partial charge in [0.1, 0.15) is 0 Å². The first-order valence-corrected chi connectivity index (χ1v) is 12.6. The van der Waals surface area contributed by atoms with E-state index >= 15 is 0 Å². The van der Waals surface area contributed by atoms with E-state index in [0.29, 0.717) is 0 Å². The zero-order chi connectivity index (χ0) is 12.5. The summed E-state index contributed by atoms with van der Waals surface area (Å²) < 4.78 is 7.25. The van der Waals surface area contributed by atoms with E-state index in [-0.39, 0.29) is 5.54 Å². The van der Waals surface area contributed by atoms with Crippen LogP contribution in [0.2, 0.25) is 39.3 Å². The van der Waals surface area contributed by atoms with Gasteiger partial charge in [-0.1, -0.05) is 0 Å². The van der Waals surface area contributed by atoms with Gasteiger partial charge in [-0.15, -0.1) is 0 Å². The van der Waals surface area contributed by atoms with Crippen LogP contribution in [-0.2, 0) is 0 Å². The van der Waals surface area contributed by atoms with E-state index in [1.54, 1.807) is 0 Å². The van der Waals surface area contributed by atoms with Gasteiger partial charge in [0, 0.05) is 0 Å². The molecule has 0 saturated heterocycles. The Balaban J connectivity index is 4.94. The van der Waals surface area contributed by atoms with E-state index in [4.69, 9.17) is 4.56 Å². The average Bonchev–Trinajstić information content (AvgIpc) is 1.75. The molecule has 0 aliphatic rings. The molecule has 0 N–H and O–H groups in total. The monoisotopic (exact) mass is 242 g/mol. The first kappa shape index (κ1) is 15.1. The van der Waals surface area contributed by atoms with Crippen LogP contribution in [0.1, 0.15) is 20.8 Å². The molecular weight excluding hydrogens is 215 g/mol. The Bertz CT molecular complexity index is 219. The molecule has 0 fully saturated rings. The number of hydrogen-bond acceptors (Lipinski definition) is 1. The van der Waals surface area contributed by atoms with Crippen LogP contribution in [-0.4, -0.2) is 33.7 Å². The normalized spacial score (nSPS) is 14.2. The second kappa shape index (κ2) is 4.53. The molecule has 5 heteroatoms. The average molecular weight is 242 g/mol. The fourth-order valence-electron chi connectivity index (χ4n) is 1.58. The molecule has 0 aromatic heterocycles. The molecule has 15 heavy (non-hydrogen) atoms. The van der Waals surface area contributed by atoms with Crippen molar-refractivity contribution >= 4 is 23.7 Å². The molecule has 0 amide bonds. The minimum atomic E-state index is -1.33. The Morgan fingerprint density at radius 1 is 0.933 bits per heavy atom. The van der Waals surface area contributed by atoms with Crippen molar-refractivity contribution in [2.24, 2.45) is 4.56 Å². The van der Waals surface area contributed by atoms with E-state index in [1.807, 2.05) is 0 Å². The van der Waals surface area contributed by atoms with Crippen molar-refractivity contribution in [3.05, 3.63) is 0 Å². The summed E-state index contributed by atoms with van der Waals surface area (Å²) in [5.74, 6) is 0.